The highest BCUT2D eigenvalue weighted by Crippen LogP contribution is 2.31. The van der Waals surface area contributed by atoms with E-state index >= 15 is 0 Å². The highest BCUT2D eigenvalue weighted by Gasteiger charge is 2.36. The molecule has 0 aromatic carbocycles. The predicted molar refractivity (Wildman–Crippen MR) is 109 cm³/mol. The first-order valence-corrected chi connectivity index (χ1v) is 10.2. The van der Waals surface area contributed by atoms with Gasteiger partial charge in [-0.25, -0.2) is 4.79 Å². The van der Waals surface area contributed by atoms with Crippen molar-refractivity contribution in [3.05, 3.63) is 50.3 Å². The third-order valence-corrected chi connectivity index (χ3v) is 5.82. The Labute approximate surface area is 166 Å². The molecule has 6 nitrogen and oxygen atoms in total. The van der Waals surface area contributed by atoms with Crippen LogP contribution in [0.25, 0.3) is 0 Å². The molecule has 1 unspecified atom stereocenters. The maximum Gasteiger partial charge on any atom is 0.349 e. The van der Waals surface area contributed by atoms with E-state index in [2.05, 4.69) is 12.0 Å². The van der Waals surface area contributed by atoms with Crippen LogP contribution in [-0.2, 0) is 13.6 Å². The second-order valence-corrected chi connectivity index (χ2v) is 8.12. The molecule has 1 saturated carbocycles. The van der Waals surface area contributed by atoms with E-state index in [1.165, 1.54) is 0 Å². The molecule has 3 rings (SSSR count). The molecule has 1 atom stereocenters. The Hall–Kier alpha value is -2.37. The number of nitrogens with zero attached hydrogens (tertiary/aromatic N) is 3. The zero-order chi connectivity index (χ0) is 20.6. The average molecular weight is 386 g/mol. The topological polar surface area (TPSA) is 68.3 Å². The number of carbonyl (C=O) groups excluding carboxylic acids is 1. The Morgan fingerprint density at radius 2 is 2.04 bits per heavy atom. The van der Waals surface area contributed by atoms with Crippen molar-refractivity contribution in [2.75, 3.05) is 0 Å². The van der Waals surface area contributed by atoms with Gasteiger partial charge in [-0.15, -0.1) is 0 Å². The van der Waals surface area contributed by atoms with Gasteiger partial charge in [0.25, 0.3) is 5.91 Å². The molecule has 0 saturated heterocycles. The van der Waals surface area contributed by atoms with E-state index in [-0.39, 0.29) is 23.4 Å². The molecule has 0 N–H and O–H groups in total. The largest absolute Gasteiger partial charge is 0.427 e. The fourth-order valence-electron chi connectivity index (χ4n) is 3.82. The van der Waals surface area contributed by atoms with Gasteiger partial charge in [0.15, 0.2) is 0 Å². The summed E-state index contributed by atoms with van der Waals surface area (Å²) in [6.07, 6.45) is 3.91. The van der Waals surface area contributed by atoms with Crippen LogP contribution in [0.1, 0.15) is 84.1 Å². The van der Waals surface area contributed by atoms with Crippen LogP contribution in [0.4, 0.5) is 0 Å². The lowest BCUT2D eigenvalue weighted by Crippen LogP contribution is -2.36. The van der Waals surface area contributed by atoms with Gasteiger partial charge in [0.2, 0.25) is 0 Å². The minimum atomic E-state index is -0.520. The van der Waals surface area contributed by atoms with Gasteiger partial charge in [0.1, 0.15) is 11.3 Å². The predicted octanol–water partition coefficient (Wildman–Crippen LogP) is 4.01. The lowest BCUT2D eigenvalue weighted by molar-refractivity contribution is 0.0723. The maximum absolute atomic E-state index is 13.3. The van der Waals surface area contributed by atoms with Gasteiger partial charge in [-0.2, -0.15) is 5.10 Å². The maximum atomic E-state index is 13.3. The zero-order valence-corrected chi connectivity index (χ0v) is 17.8. The minimum Gasteiger partial charge on any atom is -0.427 e. The summed E-state index contributed by atoms with van der Waals surface area (Å²) < 4.78 is 7.39. The van der Waals surface area contributed by atoms with Crippen molar-refractivity contribution < 1.29 is 9.21 Å². The van der Waals surface area contributed by atoms with Crippen LogP contribution in [0.5, 0.6) is 0 Å². The number of rotatable bonds is 7. The Morgan fingerprint density at radius 1 is 1.36 bits per heavy atom. The third-order valence-electron chi connectivity index (χ3n) is 5.82. The van der Waals surface area contributed by atoms with Crippen molar-refractivity contribution in [1.29, 1.82) is 0 Å². The molecule has 2 heterocycles. The summed E-state index contributed by atoms with van der Waals surface area (Å²) >= 11 is 0. The third kappa shape index (κ3) is 3.91. The molecule has 152 valence electrons. The van der Waals surface area contributed by atoms with E-state index in [1.807, 2.05) is 50.4 Å². The molecule has 1 aliphatic carbocycles. The molecule has 1 fully saturated rings. The Balaban J connectivity index is 1.93. The lowest BCUT2D eigenvalue weighted by Gasteiger charge is -2.23. The van der Waals surface area contributed by atoms with E-state index in [1.54, 1.807) is 0 Å². The molecule has 28 heavy (non-hydrogen) atoms. The first-order chi connectivity index (χ1) is 13.2. The second-order valence-electron chi connectivity index (χ2n) is 8.12. The summed E-state index contributed by atoms with van der Waals surface area (Å²) in [6.45, 7) is 10.4. The van der Waals surface area contributed by atoms with Crippen molar-refractivity contribution in [3.8, 4) is 0 Å². The Morgan fingerprint density at radius 3 is 2.54 bits per heavy atom. The molecule has 2 aromatic rings. The number of aromatic nitrogens is 2. The first-order valence-electron chi connectivity index (χ1n) is 10.2. The van der Waals surface area contributed by atoms with Crippen LogP contribution >= 0.6 is 0 Å². The van der Waals surface area contributed by atoms with E-state index in [0.717, 1.165) is 42.6 Å². The smallest absolute Gasteiger partial charge is 0.349 e. The van der Waals surface area contributed by atoms with Gasteiger partial charge in [0, 0.05) is 36.8 Å². The number of hydrogen-bond acceptors (Lipinski definition) is 4. The van der Waals surface area contributed by atoms with E-state index in [0.29, 0.717) is 17.9 Å². The summed E-state index contributed by atoms with van der Waals surface area (Å²) in [5.74, 6) is 0.602. The van der Waals surface area contributed by atoms with Crippen molar-refractivity contribution >= 4 is 5.91 Å². The lowest BCUT2D eigenvalue weighted by atomic mass is 10.00. The standard InChI is InChI=1S/C22H31N3O3/c1-7-8-13(2)19-11-14(3)20(22(27)28-19)21(26)25(17-9-10-17)12-18-15(4)23-24(6)16(18)5/h11,13,17H,7-10,12H2,1-6H3. The zero-order valence-electron chi connectivity index (χ0n) is 17.8. The van der Waals surface area contributed by atoms with Crippen molar-refractivity contribution in [2.24, 2.45) is 7.05 Å². The molecule has 0 bridgehead atoms. The SMILES string of the molecule is CCCC(C)c1cc(C)c(C(=O)N(Cc2c(C)nn(C)c2C)C2CC2)c(=O)o1. The van der Waals surface area contributed by atoms with Crippen LogP contribution in [0.3, 0.4) is 0 Å². The Kier molecular flexibility index (Phi) is 5.77. The van der Waals surface area contributed by atoms with Crippen molar-refractivity contribution in [3.63, 3.8) is 0 Å². The quantitative estimate of drug-likeness (QED) is 0.722. The minimum absolute atomic E-state index is 0.165. The molecule has 2 aromatic heterocycles. The average Bonchev–Trinajstić information content (AvgIpc) is 3.42. The second kappa shape index (κ2) is 7.94. The molecular weight excluding hydrogens is 354 g/mol. The van der Waals surface area contributed by atoms with Crippen LogP contribution in [0.15, 0.2) is 15.3 Å². The summed E-state index contributed by atoms with van der Waals surface area (Å²) in [5.41, 5.74) is 3.36. The highest BCUT2D eigenvalue weighted by atomic mass is 16.4. The van der Waals surface area contributed by atoms with E-state index in [4.69, 9.17) is 4.42 Å². The molecule has 6 heteroatoms. The van der Waals surface area contributed by atoms with Crippen molar-refractivity contribution in [1.82, 2.24) is 14.7 Å². The summed E-state index contributed by atoms with van der Waals surface area (Å²) in [7, 11) is 1.91. The number of carbonyl (C=O) groups is 1. The van der Waals surface area contributed by atoms with Gasteiger partial charge in [0.05, 0.1) is 5.69 Å². The highest BCUT2D eigenvalue weighted by molar-refractivity contribution is 5.95. The number of hydrogen-bond donors (Lipinski definition) is 0. The van der Waals surface area contributed by atoms with Crippen LogP contribution in [0.2, 0.25) is 0 Å². The molecule has 0 aliphatic heterocycles. The van der Waals surface area contributed by atoms with Gasteiger partial charge in [-0.3, -0.25) is 9.48 Å². The van der Waals surface area contributed by atoms with E-state index < -0.39 is 5.63 Å². The molecular formula is C22H31N3O3. The molecule has 1 aliphatic rings. The van der Waals surface area contributed by atoms with Crippen LogP contribution in [-0.4, -0.2) is 26.6 Å². The molecule has 0 spiro atoms. The normalized spacial score (nSPS) is 14.9. The fourth-order valence-corrected chi connectivity index (χ4v) is 3.82. The molecule has 1 amide bonds. The van der Waals surface area contributed by atoms with Crippen molar-refractivity contribution in [2.45, 2.75) is 78.8 Å². The van der Waals surface area contributed by atoms with Gasteiger partial charge in [-0.05, 0) is 51.7 Å². The van der Waals surface area contributed by atoms with Crippen LogP contribution in [0, 0.1) is 20.8 Å². The van der Waals surface area contributed by atoms with E-state index in [9.17, 15) is 9.59 Å². The van der Waals surface area contributed by atoms with Gasteiger partial charge >= 0.3 is 5.63 Å². The summed E-state index contributed by atoms with van der Waals surface area (Å²) in [5, 5.41) is 4.46. The number of amides is 1. The number of aryl methyl sites for hydroxylation is 3. The first kappa shape index (κ1) is 20.4. The van der Waals surface area contributed by atoms with Gasteiger partial charge < -0.3 is 9.32 Å². The summed E-state index contributed by atoms with van der Waals surface area (Å²) in [4.78, 5) is 27.9. The summed E-state index contributed by atoms with van der Waals surface area (Å²) in [6, 6.07) is 2.05. The molecule has 0 radical (unpaired) electrons. The fraction of sp³-hybridized carbons (Fsp3) is 0.591. The monoisotopic (exact) mass is 385 g/mol. The Bertz CT molecular complexity index is 937. The van der Waals surface area contributed by atoms with Crippen LogP contribution < -0.4 is 5.63 Å². The van der Waals surface area contributed by atoms with Gasteiger partial charge in [-0.1, -0.05) is 20.3 Å².